The Hall–Kier alpha value is 0.177. The largest absolute Gasteiger partial charge is 0.414 e. The van der Waals surface area contributed by atoms with Gasteiger partial charge in [0.05, 0.1) is 0 Å². The van der Waals surface area contributed by atoms with Crippen LogP contribution in [-0.4, -0.2) is 14.4 Å². The van der Waals surface area contributed by atoms with Crippen molar-refractivity contribution in [3.8, 4) is 0 Å². The summed E-state index contributed by atoms with van der Waals surface area (Å²) in [6, 6.07) is 4.05. The lowest BCUT2D eigenvalue weighted by Crippen LogP contribution is -2.46. The SMILES string of the molecule is CCCCCC[C@H]1C[C@H](C)C[Si](CC)(CC)O1. The zero-order chi connectivity index (χ0) is 12.7. The van der Waals surface area contributed by atoms with Crippen LogP contribution in [0.2, 0.25) is 18.1 Å². The molecular weight excluding hydrogens is 224 g/mol. The molecule has 2 atom stereocenters. The monoisotopic (exact) mass is 256 g/mol. The van der Waals surface area contributed by atoms with E-state index in [-0.39, 0.29) is 0 Å². The molecule has 1 heterocycles. The molecule has 1 fully saturated rings. The molecule has 0 aromatic carbocycles. The van der Waals surface area contributed by atoms with Crippen LogP contribution in [0.1, 0.15) is 66.2 Å². The van der Waals surface area contributed by atoms with E-state index >= 15 is 0 Å². The Morgan fingerprint density at radius 1 is 1.06 bits per heavy atom. The number of hydrogen-bond acceptors (Lipinski definition) is 1. The maximum Gasteiger partial charge on any atom is 0.192 e. The predicted octanol–water partition coefficient (Wildman–Crippen LogP) is 5.37. The standard InChI is InChI=1S/C15H32OSi/c1-5-8-9-10-11-15-12-14(4)13-17(6-2,7-3)16-15/h14-15H,5-13H2,1-4H3/t14-,15-/m0/s1. The summed E-state index contributed by atoms with van der Waals surface area (Å²) in [5.41, 5.74) is 0. The highest BCUT2D eigenvalue weighted by Crippen LogP contribution is 2.37. The lowest BCUT2D eigenvalue weighted by atomic mass is 10.0. The van der Waals surface area contributed by atoms with Gasteiger partial charge in [-0.25, -0.2) is 0 Å². The maximum absolute atomic E-state index is 6.56. The van der Waals surface area contributed by atoms with Gasteiger partial charge in [0.15, 0.2) is 8.32 Å². The van der Waals surface area contributed by atoms with E-state index in [1.165, 1.54) is 56.7 Å². The summed E-state index contributed by atoms with van der Waals surface area (Å²) in [5.74, 6) is 0.909. The molecule has 0 unspecified atom stereocenters. The lowest BCUT2D eigenvalue weighted by molar-refractivity contribution is 0.122. The van der Waals surface area contributed by atoms with E-state index in [0.717, 1.165) is 5.92 Å². The van der Waals surface area contributed by atoms with E-state index in [0.29, 0.717) is 6.10 Å². The molecule has 102 valence electrons. The van der Waals surface area contributed by atoms with Crippen molar-refractivity contribution >= 4 is 8.32 Å². The number of hydrogen-bond donors (Lipinski definition) is 0. The topological polar surface area (TPSA) is 9.23 Å². The number of unbranched alkanes of at least 4 members (excludes halogenated alkanes) is 3. The van der Waals surface area contributed by atoms with Gasteiger partial charge in [0.1, 0.15) is 0 Å². The second-order valence-electron chi connectivity index (χ2n) is 6.02. The summed E-state index contributed by atoms with van der Waals surface area (Å²) < 4.78 is 6.56. The van der Waals surface area contributed by atoms with Crippen molar-refractivity contribution in [2.75, 3.05) is 0 Å². The lowest BCUT2D eigenvalue weighted by Gasteiger charge is -2.42. The van der Waals surface area contributed by atoms with Crippen molar-refractivity contribution in [3.05, 3.63) is 0 Å². The molecule has 0 amide bonds. The second-order valence-corrected chi connectivity index (χ2v) is 10.4. The van der Waals surface area contributed by atoms with Crippen molar-refractivity contribution < 1.29 is 4.43 Å². The Kier molecular flexibility index (Phi) is 6.79. The van der Waals surface area contributed by atoms with Gasteiger partial charge in [0.25, 0.3) is 0 Å². The third kappa shape index (κ3) is 4.74. The van der Waals surface area contributed by atoms with Gasteiger partial charge in [-0.1, -0.05) is 53.4 Å². The molecular formula is C15H32OSi. The maximum atomic E-state index is 6.56. The first-order chi connectivity index (χ1) is 8.15. The summed E-state index contributed by atoms with van der Waals surface area (Å²) in [4.78, 5) is 0. The van der Waals surface area contributed by atoms with E-state index in [2.05, 4.69) is 27.7 Å². The smallest absolute Gasteiger partial charge is 0.192 e. The molecule has 0 bridgehead atoms. The van der Waals surface area contributed by atoms with E-state index in [1.807, 2.05) is 0 Å². The van der Waals surface area contributed by atoms with Gasteiger partial charge in [0, 0.05) is 6.10 Å². The van der Waals surface area contributed by atoms with Crippen LogP contribution in [0.4, 0.5) is 0 Å². The quantitative estimate of drug-likeness (QED) is 0.440. The molecule has 1 saturated heterocycles. The summed E-state index contributed by atoms with van der Waals surface area (Å²) >= 11 is 0. The van der Waals surface area contributed by atoms with Crippen LogP contribution in [0, 0.1) is 5.92 Å². The summed E-state index contributed by atoms with van der Waals surface area (Å²) in [6.07, 6.45) is 8.75. The molecule has 0 aromatic rings. The summed E-state index contributed by atoms with van der Waals surface area (Å²) in [7, 11) is -1.33. The summed E-state index contributed by atoms with van der Waals surface area (Å²) in [6.45, 7) is 9.42. The molecule has 1 nitrogen and oxygen atoms in total. The molecule has 0 N–H and O–H groups in total. The molecule has 0 radical (unpaired) electrons. The van der Waals surface area contributed by atoms with Gasteiger partial charge in [-0.05, 0) is 36.9 Å². The highest BCUT2D eigenvalue weighted by Gasteiger charge is 2.39. The molecule has 1 aliphatic heterocycles. The van der Waals surface area contributed by atoms with E-state index in [1.54, 1.807) is 0 Å². The minimum absolute atomic E-state index is 0.599. The van der Waals surface area contributed by atoms with Gasteiger partial charge in [-0.3, -0.25) is 0 Å². The first kappa shape index (κ1) is 15.2. The predicted molar refractivity (Wildman–Crippen MR) is 78.9 cm³/mol. The van der Waals surface area contributed by atoms with Gasteiger partial charge in [-0.2, -0.15) is 0 Å². The van der Waals surface area contributed by atoms with Crippen LogP contribution < -0.4 is 0 Å². The third-order valence-electron chi connectivity index (χ3n) is 4.47. The highest BCUT2D eigenvalue weighted by molar-refractivity contribution is 6.73. The molecule has 0 spiro atoms. The minimum atomic E-state index is -1.33. The van der Waals surface area contributed by atoms with Crippen LogP contribution >= 0.6 is 0 Å². The highest BCUT2D eigenvalue weighted by atomic mass is 28.4. The van der Waals surface area contributed by atoms with Crippen molar-refractivity contribution in [2.45, 2.75) is 90.5 Å². The first-order valence-corrected chi connectivity index (χ1v) is 10.4. The molecule has 2 heteroatoms. The van der Waals surface area contributed by atoms with Crippen LogP contribution in [0.3, 0.4) is 0 Å². The van der Waals surface area contributed by atoms with Crippen LogP contribution in [0.5, 0.6) is 0 Å². The van der Waals surface area contributed by atoms with Crippen LogP contribution in [0.25, 0.3) is 0 Å². The number of rotatable bonds is 7. The zero-order valence-electron chi connectivity index (χ0n) is 12.4. The second kappa shape index (κ2) is 7.58. The molecule has 0 aliphatic carbocycles. The fourth-order valence-corrected chi connectivity index (χ4v) is 7.16. The van der Waals surface area contributed by atoms with Gasteiger partial charge in [-0.15, -0.1) is 0 Å². The van der Waals surface area contributed by atoms with Gasteiger partial charge in [0.2, 0.25) is 0 Å². The van der Waals surface area contributed by atoms with Crippen molar-refractivity contribution in [1.82, 2.24) is 0 Å². The molecule has 1 rings (SSSR count). The van der Waals surface area contributed by atoms with Crippen molar-refractivity contribution in [1.29, 1.82) is 0 Å². The Bertz CT molecular complexity index is 201. The molecule has 1 aliphatic rings. The molecule has 17 heavy (non-hydrogen) atoms. The Morgan fingerprint density at radius 2 is 1.76 bits per heavy atom. The summed E-state index contributed by atoms with van der Waals surface area (Å²) in [5, 5.41) is 0. The van der Waals surface area contributed by atoms with Crippen LogP contribution in [-0.2, 0) is 4.43 Å². The average molecular weight is 257 g/mol. The van der Waals surface area contributed by atoms with E-state index < -0.39 is 8.32 Å². The fraction of sp³-hybridized carbons (Fsp3) is 1.00. The van der Waals surface area contributed by atoms with Gasteiger partial charge >= 0.3 is 0 Å². The first-order valence-electron chi connectivity index (χ1n) is 7.83. The minimum Gasteiger partial charge on any atom is -0.414 e. The van der Waals surface area contributed by atoms with Crippen molar-refractivity contribution in [3.63, 3.8) is 0 Å². The van der Waals surface area contributed by atoms with Gasteiger partial charge < -0.3 is 4.43 Å². The Morgan fingerprint density at radius 3 is 2.35 bits per heavy atom. The Labute approximate surface area is 109 Å². The van der Waals surface area contributed by atoms with E-state index in [4.69, 9.17) is 4.43 Å². The fourth-order valence-electron chi connectivity index (χ4n) is 3.30. The zero-order valence-corrected chi connectivity index (χ0v) is 13.4. The Balaban J connectivity index is 2.39. The normalized spacial score (nSPS) is 28.2. The third-order valence-corrected chi connectivity index (χ3v) is 9.32. The van der Waals surface area contributed by atoms with Crippen LogP contribution in [0.15, 0.2) is 0 Å². The molecule has 0 aromatic heterocycles. The van der Waals surface area contributed by atoms with Crippen molar-refractivity contribution in [2.24, 2.45) is 5.92 Å². The average Bonchev–Trinajstić information content (AvgIpc) is 2.34. The molecule has 0 saturated carbocycles. The van der Waals surface area contributed by atoms with E-state index in [9.17, 15) is 0 Å².